The number of rotatable bonds is 4. The molecule has 11 heteroatoms. The topological polar surface area (TPSA) is 131 Å². The summed E-state index contributed by atoms with van der Waals surface area (Å²) in [5.74, 6) is -1.94. The van der Waals surface area contributed by atoms with E-state index < -0.39 is 46.4 Å². The van der Waals surface area contributed by atoms with Gasteiger partial charge in [0.15, 0.2) is 5.54 Å². The molecule has 0 aliphatic carbocycles. The molecule has 2 aromatic carbocycles. The monoisotopic (exact) mass is 414 g/mol. The number of amides is 4. The zero-order valence-electron chi connectivity index (χ0n) is 15.4. The molecule has 1 saturated heterocycles. The lowest BCUT2D eigenvalue weighted by atomic mass is 9.84. The molecule has 2 aromatic rings. The first-order valence-electron chi connectivity index (χ1n) is 8.92. The number of nitrogens with one attached hydrogen (secondary N) is 2. The lowest BCUT2D eigenvalue weighted by molar-refractivity contribution is -0.387. The summed E-state index contributed by atoms with van der Waals surface area (Å²) >= 11 is 0. The summed E-state index contributed by atoms with van der Waals surface area (Å²) in [6.45, 7) is -0.400. The zero-order valence-corrected chi connectivity index (χ0v) is 15.4. The van der Waals surface area contributed by atoms with Crippen LogP contribution in [-0.2, 0) is 15.1 Å². The van der Waals surface area contributed by atoms with Crippen LogP contribution in [0.1, 0.15) is 12.0 Å². The van der Waals surface area contributed by atoms with E-state index in [4.69, 9.17) is 4.74 Å². The van der Waals surface area contributed by atoms with Crippen LogP contribution in [0.15, 0.2) is 42.5 Å². The van der Waals surface area contributed by atoms with Crippen LogP contribution in [0.2, 0.25) is 0 Å². The summed E-state index contributed by atoms with van der Waals surface area (Å²) in [6, 6.07) is 8.92. The third-order valence-corrected chi connectivity index (χ3v) is 4.99. The molecule has 4 amide bonds. The molecule has 1 atom stereocenters. The summed E-state index contributed by atoms with van der Waals surface area (Å²) in [4.78, 5) is 48.6. The Morgan fingerprint density at radius 2 is 2.07 bits per heavy atom. The van der Waals surface area contributed by atoms with Gasteiger partial charge in [0.05, 0.1) is 11.5 Å². The molecule has 1 unspecified atom stereocenters. The molecule has 1 fully saturated rings. The highest BCUT2D eigenvalue weighted by Gasteiger charge is 2.55. The molecule has 2 aliphatic heterocycles. The van der Waals surface area contributed by atoms with E-state index in [0.717, 1.165) is 23.1 Å². The van der Waals surface area contributed by atoms with Crippen LogP contribution < -0.4 is 15.4 Å². The molecule has 0 radical (unpaired) electrons. The molecule has 1 spiro atoms. The zero-order chi connectivity index (χ0) is 21.5. The second-order valence-electron chi connectivity index (χ2n) is 6.79. The fourth-order valence-electron chi connectivity index (χ4n) is 3.59. The Kier molecular flexibility index (Phi) is 4.57. The Hall–Kier alpha value is -4.02. The number of halogens is 1. The van der Waals surface area contributed by atoms with Gasteiger partial charge in [-0.05, 0) is 18.2 Å². The van der Waals surface area contributed by atoms with Crippen molar-refractivity contribution >= 4 is 29.2 Å². The number of nitrogens with zero attached hydrogens (tertiary/aromatic N) is 2. The number of para-hydroxylation sites is 1. The van der Waals surface area contributed by atoms with Crippen molar-refractivity contribution < 1.29 is 28.4 Å². The average molecular weight is 414 g/mol. The van der Waals surface area contributed by atoms with Gasteiger partial charge in [0.25, 0.3) is 5.91 Å². The Morgan fingerprint density at radius 1 is 1.30 bits per heavy atom. The van der Waals surface area contributed by atoms with Crippen LogP contribution in [0.25, 0.3) is 0 Å². The van der Waals surface area contributed by atoms with Crippen molar-refractivity contribution in [2.45, 2.75) is 12.0 Å². The smallest absolute Gasteiger partial charge is 0.325 e. The number of carbonyl (C=O) groups excluding carboxylic acids is 3. The Balaban J connectivity index is 1.53. The highest BCUT2D eigenvalue weighted by molar-refractivity contribution is 6.10. The maximum absolute atomic E-state index is 13.4. The summed E-state index contributed by atoms with van der Waals surface area (Å²) in [5, 5.41) is 15.8. The first-order valence-corrected chi connectivity index (χ1v) is 8.92. The second-order valence-corrected chi connectivity index (χ2v) is 6.79. The van der Waals surface area contributed by atoms with Crippen LogP contribution in [-0.4, -0.2) is 40.8 Å². The second kappa shape index (κ2) is 7.10. The van der Waals surface area contributed by atoms with Gasteiger partial charge in [-0.15, -0.1) is 0 Å². The third kappa shape index (κ3) is 3.09. The number of benzene rings is 2. The van der Waals surface area contributed by atoms with Gasteiger partial charge in [-0.3, -0.25) is 24.6 Å². The molecule has 0 aromatic heterocycles. The van der Waals surface area contributed by atoms with Gasteiger partial charge in [0.1, 0.15) is 12.3 Å². The van der Waals surface area contributed by atoms with Gasteiger partial charge in [-0.1, -0.05) is 18.2 Å². The molecule has 4 rings (SSSR count). The number of hydrogen-bond donors (Lipinski definition) is 2. The normalized spacial score (nSPS) is 19.8. The highest BCUT2D eigenvalue weighted by Crippen LogP contribution is 2.40. The van der Waals surface area contributed by atoms with Gasteiger partial charge in [0.2, 0.25) is 11.7 Å². The van der Waals surface area contributed by atoms with Crippen molar-refractivity contribution in [3.8, 4) is 5.75 Å². The number of ether oxygens (including phenoxy) is 1. The van der Waals surface area contributed by atoms with Gasteiger partial charge < -0.3 is 15.4 Å². The molecule has 2 heterocycles. The quantitative estimate of drug-likeness (QED) is 0.446. The number of urea groups is 1. The van der Waals surface area contributed by atoms with E-state index in [0.29, 0.717) is 11.3 Å². The van der Waals surface area contributed by atoms with Crippen LogP contribution in [0.3, 0.4) is 0 Å². The van der Waals surface area contributed by atoms with Crippen molar-refractivity contribution in [1.29, 1.82) is 0 Å². The van der Waals surface area contributed by atoms with E-state index in [2.05, 4.69) is 10.6 Å². The SMILES string of the molecule is O=C(CN1C(=O)NC2(CCOc3ccccc32)C1=O)Nc1ccc(F)c([N+](=O)[O-])c1. The molecule has 30 heavy (non-hydrogen) atoms. The van der Waals surface area contributed by atoms with Gasteiger partial charge in [-0.2, -0.15) is 4.39 Å². The molecule has 2 N–H and O–H groups in total. The fraction of sp³-hybridized carbons (Fsp3) is 0.211. The average Bonchev–Trinajstić information content (AvgIpc) is 2.94. The maximum atomic E-state index is 13.4. The Labute approximate surface area is 168 Å². The Morgan fingerprint density at radius 3 is 2.83 bits per heavy atom. The van der Waals surface area contributed by atoms with Crippen LogP contribution in [0.4, 0.5) is 20.6 Å². The van der Waals surface area contributed by atoms with E-state index in [1.807, 2.05) is 0 Å². The van der Waals surface area contributed by atoms with Crippen LogP contribution in [0, 0.1) is 15.9 Å². The number of hydrogen-bond acceptors (Lipinski definition) is 6. The first kappa shape index (κ1) is 19.3. The van der Waals surface area contributed by atoms with Crippen molar-refractivity contribution in [2.24, 2.45) is 0 Å². The lowest BCUT2D eigenvalue weighted by Gasteiger charge is -2.33. The van der Waals surface area contributed by atoms with Crippen molar-refractivity contribution in [1.82, 2.24) is 10.2 Å². The molecule has 10 nitrogen and oxygen atoms in total. The summed E-state index contributed by atoms with van der Waals surface area (Å²) in [7, 11) is 0. The standard InChI is InChI=1S/C19H15FN4O6/c20-13-6-5-11(9-14(13)24(28)29)21-16(25)10-23-17(26)19(22-18(23)27)7-8-30-15-4-2-1-3-12(15)19/h1-6,9H,7-8,10H2,(H,21,25)(H,22,27). The van der Waals surface area contributed by atoms with Gasteiger partial charge in [0, 0.05) is 23.7 Å². The Bertz CT molecular complexity index is 1090. The van der Waals surface area contributed by atoms with Crippen molar-refractivity contribution in [2.75, 3.05) is 18.5 Å². The van der Waals surface area contributed by atoms with E-state index in [1.165, 1.54) is 0 Å². The van der Waals surface area contributed by atoms with E-state index >= 15 is 0 Å². The van der Waals surface area contributed by atoms with E-state index in [9.17, 15) is 28.9 Å². The minimum atomic E-state index is -1.32. The number of carbonyl (C=O) groups is 3. The number of nitro benzene ring substituents is 1. The van der Waals surface area contributed by atoms with Gasteiger partial charge in [-0.25, -0.2) is 4.79 Å². The molecule has 0 bridgehead atoms. The molecule has 2 aliphatic rings. The molecular formula is C19H15FN4O6. The number of anilines is 1. The van der Waals surface area contributed by atoms with Crippen LogP contribution >= 0.6 is 0 Å². The highest BCUT2D eigenvalue weighted by atomic mass is 19.1. The van der Waals surface area contributed by atoms with Crippen molar-refractivity contribution in [3.63, 3.8) is 0 Å². The van der Waals surface area contributed by atoms with Crippen LogP contribution in [0.5, 0.6) is 5.75 Å². The molecule has 154 valence electrons. The largest absolute Gasteiger partial charge is 0.493 e. The number of nitro groups is 1. The minimum absolute atomic E-state index is 0.0359. The number of imide groups is 1. The van der Waals surface area contributed by atoms with E-state index in [1.54, 1.807) is 24.3 Å². The fourth-order valence-corrected chi connectivity index (χ4v) is 3.59. The minimum Gasteiger partial charge on any atom is -0.493 e. The predicted molar refractivity (Wildman–Crippen MR) is 100 cm³/mol. The summed E-state index contributed by atoms with van der Waals surface area (Å²) in [6.07, 6.45) is 0.205. The summed E-state index contributed by atoms with van der Waals surface area (Å²) in [5.41, 5.74) is -1.65. The van der Waals surface area contributed by atoms with Crippen molar-refractivity contribution in [3.05, 3.63) is 64.0 Å². The maximum Gasteiger partial charge on any atom is 0.325 e. The first-order chi connectivity index (χ1) is 14.3. The molecular weight excluding hydrogens is 399 g/mol. The third-order valence-electron chi connectivity index (χ3n) is 4.99. The predicted octanol–water partition coefficient (Wildman–Crippen LogP) is 1.90. The molecule has 0 saturated carbocycles. The number of fused-ring (bicyclic) bond motifs is 2. The van der Waals surface area contributed by atoms with E-state index in [-0.39, 0.29) is 18.7 Å². The lowest BCUT2D eigenvalue weighted by Crippen LogP contribution is -2.48. The van der Waals surface area contributed by atoms with Gasteiger partial charge >= 0.3 is 11.7 Å². The summed E-state index contributed by atoms with van der Waals surface area (Å²) < 4.78 is 19.0.